The lowest BCUT2D eigenvalue weighted by Crippen LogP contribution is -2.56. The molecule has 1 heterocycles. The molecule has 0 aromatic rings. The summed E-state index contributed by atoms with van der Waals surface area (Å²) in [6.45, 7) is 9.15. The van der Waals surface area contributed by atoms with Crippen molar-refractivity contribution in [3.63, 3.8) is 0 Å². The molecule has 1 fully saturated rings. The molecule has 1 N–H and O–H groups in total. The van der Waals surface area contributed by atoms with Crippen LogP contribution in [0.25, 0.3) is 0 Å². The molecule has 0 aromatic carbocycles. The lowest BCUT2D eigenvalue weighted by Gasteiger charge is -2.40. The number of nitrogens with zero attached hydrogens (tertiary/aromatic N) is 1. The van der Waals surface area contributed by atoms with E-state index in [1.807, 2.05) is 0 Å². The Morgan fingerprint density at radius 1 is 1.36 bits per heavy atom. The summed E-state index contributed by atoms with van der Waals surface area (Å²) in [5.41, 5.74) is 0. The summed E-state index contributed by atoms with van der Waals surface area (Å²) in [6, 6.07) is 1.41. The van der Waals surface area contributed by atoms with Crippen molar-refractivity contribution in [1.29, 1.82) is 0 Å². The molecule has 2 unspecified atom stereocenters. The van der Waals surface area contributed by atoms with Gasteiger partial charge in [-0.1, -0.05) is 13.8 Å². The van der Waals surface area contributed by atoms with Gasteiger partial charge in [0.1, 0.15) is 0 Å². The van der Waals surface area contributed by atoms with E-state index in [-0.39, 0.29) is 0 Å². The van der Waals surface area contributed by atoms with E-state index in [0.717, 1.165) is 25.0 Å². The monoisotopic (exact) mass is 156 g/mol. The molecule has 2 nitrogen and oxygen atoms in total. The van der Waals surface area contributed by atoms with Crippen molar-refractivity contribution in [2.24, 2.45) is 5.92 Å². The standard InChI is InChI=1S/C9H20N2/c1-7(2)9-6-10-5-8(3)11(9)4/h7-10H,5-6H2,1-4H3. The molecule has 2 atom stereocenters. The number of rotatable bonds is 1. The predicted octanol–water partition coefficient (Wildman–Crippen LogP) is 0.934. The molecule has 0 aromatic heterocycles. The van der Waals surface area contributed by atoms with Crippen LogP contribution in [-0.2, 0) is 0 Å². The van der Waals surface area contributed by atoms with Crippen molar-refractivity contribution in [3.05, 3.63) is 0 Å². The third-order valence-electron chi connectivity index (χ3n) is 2.78. The van der Waals surface area contributed by atoms with Crippen molar-refractivity contribution < 1.29 is 0 Å². The van der Waals surface area contributed by atoms with Crippen LogP contribution in [0.3, 0.4) is 0 Å². The van der Waals surface area contributed by atoms with Crippen LogP contribution in [-0.4, -0.2) is 37.1 Å². The fourth-order valence-electron chi connectivity index (χ4n) is 1.76. The van der Waals surface area contributed by atoms with E-state index in [9.17, 15) is 0 Å². The number of likely N-dealkylation sites (N-methyl/N-ethyl adjacent to an activating group) is 1. The second-order valence-corrected chi connectivity index (χ2v) is 3.98. The van der Waals surface area contributed by atoms with Crippen molar-refractivity contribution in [1.82, 2.24) is 10.2 Å². The highest BCUT2D eigenvalue weighted by molar-refractivity contribution is 4.84. The summed E-state index contributed by atoms with van der Waals surface area (Å²) in [5, 5.41) is 3.45. The summed E-state index contributed by atoms with van der Waals surface area (Å²) < 4.78 is 0. The lowest BCUT2D eigenvalue weighted by molar-refractivity contribution is 0.108. The number of hydrogen-bond donors (Lipinski definition) is 1. The average Bonchev–Trinajstić information content (AvgIpc) is 1.94. The molecule has 0 aliphatic carbocycles. The molecule has 1 aliphatic heterocycles. The predicted molar refractivity (Wildman–Crippen MR) is 48.7 cm³/mol. The lowest BCUT2D eigenvalue weighted by atomic mass is 9.99. The first-order valence-electron chi connectivity index (χ1n) is 4.55. The first-order valence-corrected chi connectivity index (χ1v) is 4.55. The molecule has 1 aliphatic rings. The molecule has 0 bridgehead atoms. The first kappa shape index (κ1) is 9.01. The molecule has 0 saturated carbocycles. The average molecular weight is 156 g/mol. The van der Waals surface area contributed by atoms with Crippen LogP contribution in [0.4, 0.5) is 0 Å². The van der Waals surface area contributed by atoms with Gasteiger partial charge in [-0.05, 0) is 19.9 Å². The van der Waals surface area contributed by atoms with E-state index in [1.165, 1.54) is 0 Å². The molecule has 2 heteroatoms. The summed E-state index contributed by atoms with van der Waals surface area (Å²) in [7, 11) is 2.23. The Bertz CT molecular complexity index is 123. The van der Waals surface area contributed by atoms with Gasteiger partial charge in [0.05, 0.1) is 0 Å². The van der Waals surface area contributed by atoms with Gasteiger partial charge in [0.2, 0.25) is 0 Å². The Morgan fingerprint density at radius 3 is 2.45 bits per heavy atom. The normalized spacial score (nSPS) is 34.6. The van der Waals surface area contributed by atoms with Gasteiger partial charge in [-0.3, -0.25) is 4.90 Å². The topological polar surface area (TPSA) is 15.3 Å². The zero-order chi connectivity index (χ0) is 8.43. The maximum absolute atomic E-state index is 3.45. The van der Waals surface area contributed by atoms with Crippen LogP contribution in [0.1, 0.15) is 20.8 Å². The molecule has 0 radical (unpaired) electrons. The number of hydrogen-bond acceptors (Lipinski definition) is 2. The first-order chi connectivity index (χ1) is 5.13. The van der Waals surface area contributed by atoms with E-state index in [1.54, 1.807) is 0 Å². The van der Waals surface area contributed by atoms with Gasteiger partial charge in [0, 0.05) is 25.2 Å². The van der Waals surface area contributed by atoms with Gasteiger partial charge >= 0.3 is 0 Å². The summed E-state index contributed by atoms with van der Waals surface area (Å²) in [6.07, 6.45) is 0. The largest absolute Gasteiger partial charge is 0.314 e. The zero-order valence-electron chi connectivity index (χ0n) is 8.09. The van der Waals surface area contributed by atoms with Gasteiger partial charge in [-0.15, -0.1) is 0 Å². The Labute approximate surface area is 70.0 Å². The molecule has 1 rings (SSSR count). The SMILES string of the molecule is CC(C)C1CNCC(C)N1C. The van der Waals surface area contributed by atoms with Crippen molar-refractivity contribution in [2.45, 2.75) is 32.9 Å². The molecule has 66 valence electrons. The fourth-order valence-corrected chi connectivity index (χ4v) is 1.76. The Morgan fingerprint density at radius 2 is 2.00 bits per heavy atom. The second kappa shape index (κ2) is 3.55. The zero-order valence-corrected chi connectivity index (χ0v) is 8.09. The Hall–Kier alpha value is -0.0800. The van der Waals surface area contributed by atoms with Gasteiger partial charge in [-0.2, -0.15) is 0 Å². The molecule has 1 saturated heterocycles. The maximum atomic E-state index is 3.45. The van der Waals surface area contributed by atoms with E-state index in [2.05, 4.69) is 38.0 Å². The summed E-state index contributed by atoms with van der Waals surface area (Å²) in [5.74, 6) is 0.759. The van der Waals surface area contributed by atoms with Crippen molar-refractivity contribution in [3.8, 4) is 0 Å². The minimum Gasteiger partial charge on any atom is -0.314 e. The van der Waals surface area contributed by atoms with Gasteiger partial charge in [-0.25, -0.2) is 0 Å². The van der Waals surface area contributed by atoms with Crippen LogP contribution in [0, 0.1) is 5.92 Å². The van der Waals surface area contributed by atoms with E-state index >= 15 is 0 Å². The highest BCUT2D eigenvalue weighted by Crippen LogP contribution is 2.14. The van der Waals surface area contributed by atoms with Crippen LogP contribution in [0.2, 0.25) is 0 Å². The third kappa shape index (κ3) is 1.94. The quantitative estimate of drug-likeness (QED) is 0.607. The minimum atomic E-state index is 0.691. The van der Waals surface area contributed by atoms with E-state index in [4.69, 9.17) is 0 Å². The van der Waals surface area contributed by atoms with Crippen LogP contribution < -0.4 is 5.32 Å². The third-order valence-corrected chi connectivity index (χ3v) is 2.78. The maximum Gasteiger partial charge on any atom is 0.0243 e. The van der Waals surface area contributed by atoms with Crippen LogP contribution in [0.5, 0.6) is 0 Å². The van der Waals surface area contributed by atoms with Gasteiger partial charge < -0.3 is 5.32 Å². The van der Waals surface area contributed by atoms with Crippen molar-refractivity contribution >= 4 is 0 Å². The second-order valence-electron chi connectivity index (χ2n) is 3.98. The molecule has 0 spiro atoms. The fraction of sp³-hybridized carbons (Fsp3) is 1.00. The minimum absolute atomic E-state index is 0.691. The molecular formula is C9H20N2. The van der Waals surface area contributed by atoms with E-state index in [0.29, 0.717) is 6.04 Å². The van der Waals surface area contributed by atoms with Gasteiger partial charge in [0.25, 0.3) is 0 Å². The molecule has 11 heavy (non-hydrogen) atoms. The smallest absolute Gasteiger partial charge is 0.0243 e. The number of nitrogens with one attached hydrogen (secondary N) is 1. The molecule has 0 amide bonds. The highest BCUT2D eigenvalue weighted by atomic mass is 15.2. The van der Waals surface area contributed by atoms with Crippen LogP contribution in [0.15, 0.2) is 0 Å². The number of piperazine rings is 1. The Kier molecular flexibility index (Phi) is 2.90. The van der Waals surface area contributed by atoms with Crippen LogP contribution >= 0.6 is 0 Å². The summed E-state index contributed by atoms with van der Waals surface area (Å²) >= 11 is 0. The molecular weight excluding hydrogens is 136 g/mol. The Balaban J connectivity index is 2.51. The van der Waals surface area contributed by atoms with Gasteiger partial charge in [0.15, 0.2) is 0 Å². The highest BCUT2D eigenvalue weighted by Gasteiger charge is 2.25. The summed E-state index contributed by atoms with van der Waals surface area (Å²) in [4.78, 5) is 2.49. The van der Waals surface area contributed by atoms with Crippen molar-refractivity contribution in [2.75, 3.05) is 20.1 Å². The van der Waals surface area contributed by atoms with E-state index < -0.39 is 0 Å².